The highest BCUT2D eigenvalue weighted by Gasteiger charge is 2.43. The molecule has 3 N–H and O–H groups in total. The van der Waals surface area contributed by atoms with Crippen molar-refractivity contribution >= 4 is 23.2 Å². The number of amides is 1. The zero-order valence-corrected chi connectivity index (χ0v) is 12.4. The van der Waals surface area contributed by atoms with Crippen LogP contribution in [0.3, 0.4) is 0 Å². The van der Waals surface area contributed by atoms with E-state index >= 15 is 0 Å². The van der Waals surface area contributed by atoms with Crippen LogP contribution in [0.5, 0.6) is 11.5 Å². The third kappa shape index (κ3) is 2.55. The van der Waals surface area contributed by atoms with Gasteiger partial charge in [-0.15, -0.1) is 0 Å². The molecule has 0 aromatic heterocycles. The Balaban J connectivity index is 2.26. The molecule has 1 aliphatic carbocycles. The molecule has 0 atom stereocenters. The second-order valence-electron chi connectivity index (χ2n) is 4.98. The number of nitrogens with two attached hydrogens (primary N) is 1. The molecule has 2 rings (SSSR count). The first-order valence-electron chi connectivity index (χ1n) is 6.49. The minimum Gasteiger partial charge on any atom is -0.495 e. The predicted molar refractivity (Wildman–Crippen MR) is 78.5 cm³/mol. The summed E-state index contributed by atoms with van der Waals surface area (Å²) in [5.41, 5.74) is 5.83. The highest BCUT2D eigenvalue weighted by atomic mass is 35.5. The van der Waals surface area contributed by atoms with Crippen LogP contribution in [-0.4, -0.2) is 26.7 Å². The Bertz CT molecular complexity index is 510. The maximum Gasteiger partial charge on any atom is 0.231 e. The number of nitrogens with one attached hydrogen (secondary N) is 1. The van der Waals surface area contributed by atoms with Crippen molar-refractivity contribution in [3.05, 3.63) is 17.2 Å². The molecule has 1 saturated carbocycles. The van der Waals surface area contributed by atoms with Crippen LogP contribution < -0.4 is 20.5 Å². The van der Waals surface area contributed by atoms with Gasteiger partial charge in [-0.3, -0.25) is 4.79 Å². The van der Waals surface area contributed by atoms with Crippen LogP contribution in [0, 0.1) is 5.41 Å². The van der Waals surface area contributed by atoms with E-state index in [1.165, 1.54) is 14.2 Å². The predicted octanol–water partition coefficient (Wildman–Crippen LogP) is 2.42. The van der Waals surface area contributed by atoms with Crippen LogP contribution >= 0.6 is 11.6 Å². The third-order valence-corrected chi connectivity index (χ3v) is 4.20. The SMILES string of the molecule is COc1cc(NC(=O)C2(CN)CCC2)c(OC)cc1Cl. The average molecular weight is 299 g/mol. The van der Waals surface area contributed by atoms with Crippen molar-refractivity contribution in [2.45, 2.75) is 19.3 Å². The number of anilines is 1. The molecule has 1 aliphatic rings. The maximum atomic E-state index is 12.4. The molecule has 5 nitrogen and oxygen atoms in total. The lowest BCUT2D eigenvalue weighted by Gasteiger charge is -2.39. The number of hydrogen-bond acceptors (Lipinski definition) is 4. The number of ether oxygens (including phenoxy) is 2. The second kappa shape index (κ2) is 5.89. The maximum absolute atomic E-state index is 12.4. The van der Waals surface area contributed by atoms with Crippen LogP contribution in [0.1, 0.15) is 19.3 Å². The molecular weight excluding hydrogens is 280 g/mol. The average Bonchev–Trinajstić information content (AvgIpc) is 2.39. The van der Waals surface area contributed by atoms with E-state index in [1.54, 1.807) is 12.1 Å². The molecule has 6 heteroatoms. The van der Waals surface area contributed by atoms with Gasteiger partial charge in [0, 0.05) is 18.7 Å². The summed E-state index contributed by atoms with van der Waals surface area (Å²) < 4.78 is 10.4. The fraction of sp³-hybridized carbons (Fsp3) is 0.500. The number of halogens is 1. The van der Waals surface area contributed by atoms with Crippen molar-refractivity contribution in [3.63, 3.8) is 0 Å². The molecule has 0 bridgehead atoms. The highest BCUT2D eigenvalue weighted by Crippen LogP contribution is 2.42. The van der Waals surface area contributed by atoms with E-state index in [4.69, 9.17) is 26.8 Å². The van der Waals surface area contributed by atoms with Gasteiger partial charge in [0.1, 0.15) is 11.5 Å². The van der Waals surface area contributed by atoms with Crippen LogP contribution in [0.2, 0.25) is 5.02 Å². The molecule has 1 amide bonds. The van der Waals surface area contributed by atoms with Gasteiger partial charge in [-0.05, 0) is 12.8 Å². The summed E-state index contributed by atoms with van der Waals surface area (Å²) in [6.07, 6.45) is 2.68. The molecule has 1 fully saturated rings. The summed E-state index contributed by atoms with van der Waals surface area (Å²) in [5.74, 6) is 0.905. The number of hydrogen-bond donors (Lipinski definition) is 2. The normalized spacial score (nSPS) is 16.2. The lowest BCUT2D eigenvalue weighted by molar-refractivity contribution is -0.129. The number of benzene rings is 1. The Labute approximate surface area is 123 Å². The Morgan fingerprint density at radius 2 is 2.00 bits per heavy atom. The Hall–Kier alpha value is -1.46. The van der Waals surface area contributed by atoms with E-state index in [9.17, 15) is 4.79 Å². The first-order valence-corrected chi connectivity index (χ1v) is 6.87. The van der Waals surface area contributed by atoms with Crippen molar-refractivity contribution in [2.75, 3.05) is 26.1 Å². The summed E-state index contributed by atoms with van der Waals surface area (Å²) in [4.78, 5) is 12.4. The molecular formula is C14H19ClN2O3. The molecule has 0 spiro atoms. The van der Waals surface area contributed by atoms with Crippen molar-refractivity contribution in [3.8, 4) is 11.5 Å². The molecule has 0 unspecified atom stereocenters. The summed E-state index contributed by atoms with van der Waals surface area (Å²) >= 11 is 6.03. The summed E-state index contributed by atoms with van der Waals surface area (Å²) in [6.45, 7) is 0.353. The Kier molecular flexibility index (Phi) is 4.40. The second-order valence-corrected chi connectivity index (χ2v) is 5.39. The minimum absolute atomic E-state index is 0.0751. The van der Waals surface area contributed by atoms with Gasteiger partial charge in [0.2, 0.25) is 5.91 Å². The summed E-state index contributed by atoms with van der Waals surface area (Å²) in [6, 6.07) is 3.27. The lowest BCUT2D eigenvalue weighted by atomic mass is 9.68. The topological polar surface area (TPSA) is 73.6 Å². The molecule has 1 aromatic rings. The molecule has 0 heterocycles. The van der Waals surface area contributed by atoms with Gasteiger partial charge in [-0.2, -0.15) is 0 Å². The van der Waals surface area contributed by atoms with Gasteiger partial charge in [0.05, 0.1) is 30.3 Å². The van der Waals surface area contributed by atoms with E-state index in [0.717, 1.165) is 19.3 Å². The van der Waals surface area contributed by atoms with E-state index in [1.807, 2.05) is 0 Å². The van der Waals surface area contributed by atoms with Gasteiger partial charge >= 0.3 is 0 Å². The number of methoxy groups -OCH3 is 2. The molecule has 0 radical (unpaired) electrons. The molecule has 0 saturated heterocycles. The molecule has 110 valence electrons. The molecule has 1 aromatic carbocycles. The van der Waals surface area contributed by atoms with Crippen LogP contribution in [-0.2, 0) is 4.79 Å². The smallest absolute Gasteiger partial charge is 0.231 e. The van der Waals surface area contributed by atoms with Gasteiger partial charge in [-0.1, -0.05) is 18.0 Å². The van der Waals surface area contributed by atoms with Crippen molar-refractivity contribution in [1.29, 1.82) is 0 Å². The number of carbonyl (C=O) groups is 1. The summed E-state index contributed by atoms with van der Waals surface area (Å²) in [5, 5.41) is 3.30. The summed E-state index contributed by atoms with van der Waals surface area (Å²) in [7, 11) is 3.04. The quantitative estimate of drug-likeness (QED) is 0.875. The fourth-order valence-corrected chi connectivity index (χ4v) is 2.57. The number of carbonyl (C=O) groups excluding carboxylic acids is 1. The lowest BCUT2D eigenvalue weighted by Crippen LogP contribution is -2.47. The largest absolute Gasteiger partial charge is 0.495 e. The van der Waals surface area contributed by atoms with Gasteiger partial charge in [-0.25, -0.2) is 0 Å². The van der Waals surface area contributed by atoms with Crippen LogP contribution in [0.15, 0.2) is 12.1 Å². The van der Waals surface area contributed by atoms with Gasteiger partial charge in [0.25, 0.3) is 0 Å². The van der Waals surface area contributed by atoms with E-state index in [0.29, 0.717) is 28.8 Å². The van der Waals surface area contributed by atoms with E-state index in [-0.39, 0.29) is 5.91 Å². The minimum atomic E-state index is -0.447. The van der Waals surface area contributed by atoms with E-state index in [2.05, 4.69) is 5.32 Å². The Morgan fingerprint density at radius 1 is 1.35 bits per heavy atom. The van der Waals surface area contributed by atoms with Gasteiger partial charge in [0.15, 0.2) is 0 Å². The fourth-order valence-electron chi connectivity index (χ4n) is 2.34. The third-order valence-electron chi connectivity index (χ3n) is 3.91. The van der Waals surface area contributed by atoms with Crippen molar-refractivity contribution < 1.29 is 14.3 Å². The monoisotopic (exact) mass is 298 g/mol. The molecule has 20 heavy (non-hydrogen) atoms. The first kappa shape index (κ1) is 14.9. The van der Waals surface area contributed by atoms with E-state index < -0.39 is 5.41 Å². The van der Waals surface area contributed by atoms with Gasteiger partial charge < -0.3 is 20.5 Å². The zero-order chi connectivity index (χ0) is 14.8. The first-order chi connectivity index (χ1) is 9.56. The van der Waals surface area contributed by atoms with Crippen LogP contribution in [0.4, 0.5) is 5.69 Å². The Morgan fingerprint density at radius 3 is 2.45 bits per heavy atom. The van der Waals surface area contributed by atoms with Crippen molar-refractivity contribution in [2.24, 2.45) is 11.1 Å². The molecule has 0 aliphatic heterocycles. The van der Waals surface area contributed by atoms with Crippen molar-refractivity contribution in [1.82, 2.24) is 0 Å². The zero-order valence-electron chi connectivity index (χ0n) is 11.7. The van der Waals surface area contributed by atoms with Crippen LogP contribution in [0.25, 0.3) is 0 Å². The number of rotatable bonds is 5. The highest BCUT2D eigenvalue weighted by molar-refractivity contribution is 6.32. The standard InChI is InChI=1S/C14H19ClN2O3/c1-19-11-7-10(12(20-2)6-9(11)15)17-13(18)14(8-16)4-3-5-14/h6-7H,3-5,8,16H2,1-2H3,(H,17,18).